The average molecular weight is 348 g/mol. The van der Waals surface area contributed by atoms with E-state index in [4.69, 9.17) is 14.7 Å². The molecule has 1 atom stereocenters. The van der Waals surface area contributed by atoms with Crippen LogP contribution in [0.1, 0.15) is 18.1 Å². The van der Waals surface area contributed by atoms with Crippen LogP contribution < -0.4 is 10.1 Å². The van der Waals surface area contributed by atoms with Crippen LogP contribution in [0.2, 0.25) is 0 Å². The standard InChI is InChI=1S/C20H16N2O4/c1-13(19(23)22-17-8-4-2-7-15(17)11-21)26-20(24)16-10-14-6-3-5-9-18(14)25-12-16/h2-10,13H,12H2,1H3,(H,22,23)/t13-/m0/s1. The first-order valence-corrected chi connectivity index (χ1v) is 8.02. The van der Waals surface area contributed by atoms with Gasteiger partial charge in [0.05, 0.1) is 16.8 Å². The number of carbonyl (C=O) groups is 2. The largest absolute Gasteiger partial charge is 0.488 e. The summed E-state index contributed by atoms with van der Waals surface area (Å²) in [6, 6.07) is 15.9. The van der Waals surface area contributed by atoms with Gasteiger partial charge in [-0.15, -0.1) is 0 Å². The van der Waals surface area contributed by atoms with E-state index in [9.17, 15) is 9.59 Å². The zero-order valence-corrected chi connectivity index (χ0v) is 14.1. The number of ether oxygens (including phenoxy) is 2. The third-order valence-electron chi connectivity index (χ3n) is 3.85. The van der Waals surface area contributed by atoms with Crippen LogP contribution in [0.25, 0.3) is 6.08 Å². The Bertz CT molecular complexity index is 927. The molecule has 0 aliphatic carbocycles. The topological polar surface area (TPSA) is 88.4 Å². The van der Waals surface area contributed by atoms with Crippen LogP contribution in [0.4, 0.5) is 5.69 Å². The Morgan fingerprint density at radius 1 is 1.19 bits per heavy atom. The number of fused-ring (bicyclic) bond motifs is 1. The molecular formula is C20H16N2O4. The van der Waals surface area contributed by atoms with Gasteiger partial charge >= 0.3 is 5.97 Å². The van der Waals surface area contributed by atoms with Gasteiger partial charge in [-0.1, -0.05) is 30.3 Å². The van der Waals surface area contributed by atoms with Crippen LogP contribution in [0.3, 0.4) is 0 Å². The number of anilines is 1. The molecule has 0 saturated carbocycles. The lowest BCUT2D eigenvalue weighted by Gasteiger charge is -2.19. The number of carbonyl (C=O) groups excluding carboxylic acids is 2. The first kappa shape index (κ1) is 17.2. The van der Waals surface area contributed by atoms with E-state index in [0.717, 1.165) is 5.56 Å². The number of hydrogen-bond acceptors (Lipinski definition) is 5. The van der Waals surface area contributed by atoms with Crippen LogP contribution in [0, 0.1) is 11.3 Å². The number of hydrogen-bond donors (Lipinski definition) is 1. The number of nitrogens with one attached hydrogen (secondary N) is 1. The Morgan fingerprint density at radius 2 is 1.92 bits per heavy atom. The summed E-state index contributed by atoms with van der Waals surface area (Å²) >= 11 is 0. The molecule has 3 rings (SSSR count). The number of benzene rings is 2. The first-order valence-electron chi connectivity index (χ1n) is 8.02. The van der Waals surface area contributed by atoms with Crippen molar-refractivity contribution in [2.75, 3.05) is 11.9 Å². The molecular weight excluding hydrogens is 332 g/mol. The van der Waals surface area contributed by atoms with Crippen molar-refractivity contribution in [1.82, 2.24) is 0 Å². The van der Waals surface area contributed by atoms with Crippen LogP contribution in [-0.2, 0) is 14.3 Å². The van der Waals surface area contributed by atoms with Gasteiger partial charge < -0.3 is 14.8 Å². The molecule has 1 N–H and O–H groups in total. The molecule has 0 saturated heterocycles. The van der Waals surface area contributed by atoms with Crippen molar-refractivity contribution in [2.45, 2.75) is 13.0 Å². The van der Waals surface area contributed by atoms with Gasteiger partial charge in [0.1, 0.15) is 18.4 Å². The van der Waals surface area contributed by atoms with Gasteiger partial charge in [-0.05, 0) is 31.2 Å². The van der Waals surface area contributed by atoms with Crippen LogP contribution >= 0.6 is 0 Å². The molecule has 0 spiro atoms. The van der Waals surface area contributed by atoms with Gasteiger partial charge in [0.15, 0.2) is 6.10 Å². The first-order chi connectivity index (χ1) is 12.6. The number of nitrogens with zero attached hydrogens (tertiary/aromatic N) is 1. The lowest BCUT2D eigenvalue weighted by molar-refractivity contribution is -0.149. The number of amides is 1. The van der Waals surface area contributed by atoms with Gasteiger partial charge in [-0.3, -0.25) is 4.79 Å². The van der Waals surface area contributed by atoms with Gasteiger partial charge in [0.2, 0.25) is 0 Å². The molecule has 1 aliphatic rings. The lowest BCUT2D eigenvalue weighted by atomic mass is 10.1. The summed E-state index contributed by atoms with van der Waals surface area (Å²) in [6.07, 6.45) is 0.670. The van der Waals surface area contributed by atoms with E-state index in [1.807, 2.05) is 30.3 Å². The molecule has 0 bridgehead atoms. The highest BCUT2D eigenvalue weighted by Gasteiger charge is 2.23. The molecule has 1 amide bonds. The fraction of sp³-hybridized carbons (Fsp3) is 0.150. The maximum atomic E-state index is 12.3. The van der Waals surface area contributed by atoms with E-state index < -0.39 is 18.0 Å². The van der Waals surface area contributed by atoms with E-state index >= 15 is 0 Å². The smallest absolute Gasteiger partial charge is 0.338 e. The highest BCUT2D eigenvalue weighted by atomic mass is 16.6. The van der Waals surface area contributed by atoms with Crippen LogP contribution in [-0.4, -0.2) is 24.6 Å². The van der Waals surface area contributed by atoms with E-state index in [-0.39, 0.29) is 6.61 Å². The van der Waals surface area contributed by atoms with Crippen molar-refractivity contribution in [3.8, 4) is 11.8 Å². The molecule has 0 radical (unpaired) electrons. The predicted octanol–water partition coefficient (Wildman–Crippen LogP) is 2.90. The van der Waals surface area contributed by atoms with E-state index in [1.54, 1.807) is 30.3 Å². The summed E-state index contributed by atoms with van der Waals surface area (Å²) in [4.78, 5) is 24.5. The maximum absolute atomic E-state index is 12.3. The summed E-state index contributed by atoms with van der Waals surface area (Å²) in [7, 11) is 0. The molecule has 0 unspecified atom stereocenters. The second-order valence-corrected chi connectivity index (χ2v) is 5.69. The van der Waals surface area contributed by atoms with Crippen molar-refractivity contribution >= 4 is 23.6 Å². The molecule has 6 nitrogen and oxygen atoms in total. The molecule has 130 valence electrons. The second kappa shape index (κ2) is 7.53. The third-order valence-corrected chi connectivity index (χ3v) is 3.85. The number of rotatable bonds is 4. The van der Waals surface area contributed by atoms with E-state index in [2.05, 4.69) is 5.32 Å². The van der Waals surface area contributed by atoms with Crippen molar-refractivity contribution in [3.05, 3.63) is 65.2 Å². The van der Waals surface area contributed by atoms with Crippen LogP contribution in [0.15, 0.2) is 54.1 Å². The average Bonchev–Trinajstić information content (AvgIpc) is 2.67. The maximum Gasteiger partial charge on any atom is 0.338 e. The molecule has 1 heterocycles. The third kappa shape index (κ3) is 3.73. The molecule has 26 heavy (non-hydrogen) atoms. The fourth-order valence-corrected chi connectivity index (χ4v) is 2.45. The van der Waals surface area contributed by atoms with E-state index in [0.29, 0.717) is 22.6 Å². The number of nitriles is 1. The Balaban J connectivity index is 1.65. The monoisotopic (exact) mass is 348 g/mol. The van der Waals surface area contributed by atoms with Gasteiger partial charge in [0, 0.05) is 5.56 Å². The predicted molar refractivity (Wildman–Crippen MR) is 95.3 cm³/mol. The molecule has 1 aliphatic heterocycles. The summed E-state index contributed by atoms with van der Waals surface area (Å²) in [6.45, 7) is 1.56. The summed E-state index contributed by atoms with van der Waals surface area (Å²) in [5, 5.41) is 11.7. The molecule has 0 fully saturated rings. The van der Waals surface area contributed by atoms with Crippen molar-refractivity contribution in [2.24, 2.45) is 0 Å². The van der Waals surface area contributed by atoms with E-state index in [1.165, 1.54) is 6.92 Å². The van der Waals surface area contributed by atoms with Gasteiger partial charge in [-0.25, -0.2) is 4.79 Å². The number of esters is 1. The minimum absolute atomic E-state index is 0.0848. The fourth-order valence-electron chi connectivity index (χ4n) is 2.45. The Morgan fingerprint density at radius 3 is 2.73 bits per heavy atom. The SMILES string of the molecule is C[C@H](OC(=O)C1=Cc2ccccc2OC1)C(=O)Nc1ccccc1C#N. The molecule has 6 heteroatoms. The molecule has 0 aromatic heterocycles. The zero-order valence-electron chi connectivity index (χ0n) is 14.1. The summed E-state index contributed by atoms with van der Waals surface area (Å²) < 4.78 is 10.7. The summed E-state index contributed by atoms with van der Waals surface area (Å²) in [5.74, 6) is -0.433. The molecule has 2 aromatic rings. The lowest BCUT2D eigenvalue weighted by Crippen LogP contribution is -2.31. The van der Waals surface area contributed by atoms with Crippen LogP contribution in [0.5, 0.6) is 5.75 Å². The Labute approximate surface area is 150 Å². The highest BCUT2D eigenvalue weighted by Crippen LogP contribution is 2.26. The Kier molecular flexibility index (Phi) is 4.99. The quantitative estimate of drug-likeness (QED) is 0.858. The Hall–Kier alpha value is -3.59. The van der Waals surface area contributed by atoms with Gasteiger partial charge in [-0.2, -0.15) is 5.26 Å². The van der Waals surface area contributed by atoms with Crippen molar-refractivity contribution in [1.29, 1.82) is 5.26 Å². The molecule has 2 aromatic carbocycles. The second-order valence-electron chi connectivity index (χ2n) is 5.69. The minimum atomic E-state index is -1.02. The summed E-state index contributed by atoms with van der Waals surface area (Å²) in [5.41, 5.74) is 1.82. The van der Waals surface area contributed by atoms with Crippen molar-refractivity contribution in [3.63, 3.8) is 0 Å². The van der Waals surface area contributed by atoms with Gasteiger partial charge in [0.25, 0.3) is 5.91 Å². The zero-order chi connectivity index (χ0) is 18.5. The normalized spacial score (nSPS) is 13.3. The highest BCUT2D eigenvalue weighted by molar-refractivity contribution is 5.99. The number of para-hydroxylation sites is 2. The minimum Gasteiger partial charge on any atom is -0.488 e. The van der Waals surface area contributed by atoms with Crippen molar-refractivity contribution < 1.29 is 19.1 Å².